The molecule has 0 unspecified atom stereocenters. The maximum absolute atomic E-state index is 13.2. The van der Waals surface area contributed by atoms with Crippen LogP contribution in [0, 0.1) is 10.1 Å². The van der Waals surface area contributed by atoms with Crippen LogP contribution < -0.4 is 11.3 Å². The summed E-state index contributed by atoms with van der Waals surface area (Å²) in [6.07, 6.45) is 1.48. The van der Waals surface area contributed by atoms with Crippen molar-refractivity contribution in [3.63, 3.8) is 0 Å². The first kappa shape index (κ1) is 24.4. The zero-order valence-corrected chi connectivity index (χ0v) is 21.5. The summed E-state index contributed by atoms with van der Waals surface area (Å²) in [5.41, 5.74) is 3.30. The van der Waals surface area contributed by atoms with Gasteiger partial charge in [-0.25, -0.2) is 14.6 Å². The van der Waals surface area contributed by atoms with Crippen molar-refractivity contribution in [3.8, 4) is 33.0 Å². The molecule has 0 amide bonds. The summed E-state index contributed by atoms with van der Waals surface area (Å²) in [5, 5.41) is 14.6. The van der Waals surface area contributed by atoms with Crippen LogP contribution in [0.3, 0.4) is 0 Å². The lowest BCUT2D eigenvalue weighted by atomic mass is 9.96. The van der Waals surface area contributed by atoms with Crippen LogP contribution in [0.5, 0.6) is 0 Å². The molecular formula is C30H20N2O6S. The number of benzene rings is 3. The van der Waals surface area contributed by atoms with E-state index < -0.39 is 16.2 Å². The zero-order valence-electron chi connectivity index (χ0n) is 20.7. The van der Waals surface area contributed by atoms with E-state index in [0.717, 1.165) is 28.5 Å². The van der Waals surface area contributed by atoms with Crippen molar-refractivity contribution in [3.05, 3.63) is 115 Å². The molecule has 3 aromatic carbocycles. The summed E-state index contributed by atoms with van der Waals surface area (Å²) < 4.78 is 11.6. The van der Waals surface area contributed by atoms with Crippen molar-refractivity contribution in [1.82, 2.24) is 4.98 Å². The van der Waals surface area contributed by atoms with Gasteiger partial charge in [-0.1, -0.05) is 55.8 Å². The highest BCUT2D eigenvalue weighted by molar-refractivity contribution is 7.13. The Kier molecular flexibility index (Phi) is 6.12. The Labute approximate surface area is 225 Å². The molecule has 3 heterocycles. The number of hydrogen-bond acceptors (Lipinski definition) is 8. The minimum Gasteiger partial charge on any atom is -0.422 e. The molecule has 0 saturated heterocycles. The molecule has 0 spiro atoms. The number of fused-ring (bicyclic) bond motifs is 3. The number of nitrogens with zero attached hydrogens (tertiary/aromatic N) is 2. The molecule has 0 saturated carbocycles. The Morgan fingerprint density at radius 2 is 1.67 bits per heavy atom. The highest BCUT2D eigenvalue weighted by atomic mass is 32.1. The summed E-state index contributed by atoms with van der Waals surface area (Å²) >= 11 is 1.22. The molecule has 192 valence electrons. The predicted molar refractivity (Wildman–Crippen MR) is 151 cm³/mol. The third-order valence-electron chi connectivity index (χ3n) is 6.49. The Morgan fingerprint density at radius 3 is 2.44 bits per heavy atom. The van der Waals surface area contributed by atoms with Gasteiger partial charge in [0, 0.05) is 34.5 Å². The third-order valence-corrected chi connectivity index (χ3v) is 7.37. The fourth-order valence-corrected chi connectivity index (χ4v) is 5.57. The van der Waals surface area contributed by atoms with Gasteiger partial charge >= 0.3 is 11.3 Å². The van der Waals surface area contributed by atoms with Gasteiger partial charge in [-0.15, -0.1) is 11.3 Å². The Hall–Kier alpha value is -4.89. The highest BCUT2D eigenvalue weighted by Crippen LogP contribution is 2.37. The monoisotopic (exact) mass is 536 g/mol. The molecule has 8 nitrogen and oxygen atoms in total. The molecule has 3 aromatic heterocycles. The van der Waals surface area contributed by atoms with Gasteiger partial charge in [0.15, 0.2) is 0 Å². The lowest BCUT2D eigenvalue weighted by Gasteiger charge is -2.12. The SMILES string of the molecule is CCCc1cc2c(-c3ccccc3)cc(=O)oc2c2cc(-c3nc(-c4cccc([N+](=O)[O-])c4)cs3)c(=O)oc12. The molecule has 0 fully saturated rings. The first-order valence-electron chi connectivity index (χ1n) is 12.3. The van der Waals surface area contributed by atoms with Crippen LogP contribution >= 0.6 is 11.3 Å². The van der Waals surface area contributed by atoms with Gasteiger partial charge < -0.3 is 8.83 Å². The predicted octanol–water partition coefficient (Wildman–Crippen LogP) is 7.22. The maximum Gasteiger partial charge on any atom is 0.346 e. The van der Waals surface area contributed by atoms with E-state index >= 15 is 0 Å². The summed E-state index contributed by atoms with van der Waals surface area (Å²) in [6.45, 7) is 2.04. The van der Waals surface area contributed by atoms with Crippen LogP contribution in [0.4, 0.5) is 5.69 Å². The summed E-state index contributed by atoms with van der Waals surface area (Å²) in [7, 11) is 0. The van der Waals surface area contributed by atoms with Crippen LogP contribution in [0.1, 0.15) is 18.9 Å². The summed E-state index contributed by atoms with van der Waals surface area (Å²) in [6, 6.07) is 20.8. The van der Waals surface area contributed by atoms with Crippen LogP contribution in [0.25, 0.3) is 54.9 Å². The molecule has 0 aliphatic heterocycles. The Morgan fingerprint density at radius 1 is 0.872 bits per heavy atom. The molecule has 9 heteroatoms. The van der Waals surface area contributed by atoms with Crippen molar-refractivity contribution in [2.45, 2.75) is 19.8 Å². The number of aryl methyl sites for hydroxylation is 1. The van der Waals surface area contributed by atoms with Crippen LogP contribution in [0.15, 0.2) is 96.6 Å². The molecule has 0 aliphatic carbocycles. The number of non-ortho nitro benzene ring substituents is 1. The highest BCUT2D eigenvalue weighted by Gasteiger charge is 2.20. The number of rotatable bonds is 6. The van der Waals surface area contributed by atoms with Crippen LogP contribution in [0.2, 0.25) is 0 Å². The average molecular weight is 537 g/mol. The molecule has 0 bridgehead atoms. The number of thiazole rings is 1. The molecule has 39 heavy (non-hydrogen) atoms. The van der Waals surface area contributed by atoms with Gasteiger partial charge in [0.05, 0.1) is 21.6 Å². The minimum atomic E-state index is -0.569. The quantitative estimate of drug-likeness (QED) is 0.0955. The lowest BCUT2D eigenvalue weighted by Crippen LogP contribution is -2.05. The maximum atomic E-state index is 13.2. The largest absolute Gasteiger partial charge is 0.422 e. The van der Waals surface area contributed by atoms with E-state index in [2.05, 4.69) is 4.98 Å². The Bertz CT molecular complexity index is 2010. The van der Waals surface area contributed by atoms with E-state index in [1.807, 2.05) is 43.3 Å². The van der Waals surface area contributed by atoms with Crippen molar-refractivity contribution in [2.75, 3.05) is 0 Å². The van der Waals surface area contributed by atoms with E-state index in [-0.39, 0.29) is 11.3 Å². The van der Waals surface area contributed by atoms with Gasteiger partial charge in [0.25, 0.3) is 5.69 Å². The normalized spacial score (nSPS) is 11.3. The number of nitro groups is 1. The van der Waals surface area contributed by atoms with E-state index in [9.17, 15) is 19.7 Å². The molecule has 0 radical (unpaired) electrons. The standard InChI is InChI=1S/C30H20N2O6S/c1-2-7-19-13-22-21(17-8-4-3-5-9-17)15-26(33)37-28(22)23-14-24(30(34)38-27(19)23)29-31-25(16-39-29)18-10-6-11-20(12-18)32(35)36/h3-6,8-16H,2,7H2,1H3. The topological polar surface area (TPSA) is 116 Å². The zero-order chi connectivity index (χ0) is 27.1. The number of nitro benzene ring substituents is 1. The molecule has 0 aliphatic rings. The molecular weight excluding hydrogens is 516 g/mol. The fourth-order valence-electron chi connectivity index (χ4n) is 4.73. The Balaban J connectivity index is 1.59. The molecule has 0 N–H and O–H groups in total. The second-order valence-electron chi connectivity index (χ2n) is 9.04. The number of aromatic nitrogens is 1. The second kappa shape index (κ2) is 9.77. The first-order valence-corrected chi connectivity index (χ1v) is 13.1. The van der Waals surface area contributed by atoms with E-state index in [1.165, 1.54) is 29.5 Å². The van der Waals surface area contributed by atoms with Crippen molar-refractivity contribution < 1.29 is 13.8 Å². The minimum absolute atomic E-state index is 0.0496. The van der Waals surface area contributed by atoms with Gasteiger partial charge in [-0.3, -0.25) is 10.1 Å². The second-order valence-corrected chi connectivity index (χ2v) is 9.90. The van der Waals surface area contributed by atoms with Gasteiger partial charge in [-0.05, 0) is 35.2 Å². The molecule has 0 atom stereocenters. The van der Waals surface area contributed by atoms with Crippen molar-refractivity contribution >= 4 is 39.0 Å². The van der Waals surface area contributed by atoms with Crippen molar-refractivity contribution in [2.24, 2.45) is 0 Å². The van der Waals surface area contributed by atoms with Crippen LogP contribution in [-0.2, 0) is 6.42 Å². The van der Waals surface area contributed by atoms with Gasteiger partial charge in [0.1, 0.15) is 16.2 Å². The third kappa shape index (κ3) is 4.42. The summed E-state index contributed by atoms with van der Waals surface area (Å²) in [4.78, 5) is 41.2. The van der Waals surface area contributed by atoms with Crippen LogP contribution in [-0.4, -0.2) is 9.91 Å². The van der Waals surface area contributed by atoms with E-state index in [0.29, 0.717) is 39.2 Å². The van der Waals surface area contributed by atoms with E-state index in [4.69, 9.17) is 8.83 Å². The summed E-state index contributed by atoms with van der Waals surface area (Å²) in [5.74, 6) is 0. The lowest BCUT2D eigenvalue weighted by molar-refractivity contribution is -0.384. The first-order chi connectivity index (χ1) is 18.9. The molecule has 6 aromatic rings. The fraction of sp³-hybridized carbons (Fsp3) is 0.100. The number of hydrogen-bond donors (Lipinski definition) is 0. The smallest absolute Gasteiger partial charge is 0.346 e. The molecule has 6 rings (SSSR count). The average Bonchev–Trinajstić information content (AvgIpc) is 3.44. The van der Waals surface area contributed by atoms with Gasteiger partial charge in [-0.2, -0.15) is 0 Å². The van der Waals surface area contributed by atoms with Gasteiger partial charge in [0.2, 0.25) is 0 Å². The van der Waals surface area contributed by atoms with E-state index in [1.54, 1.807) is 23.6 Å². The van der Waals surface area contributed by atoms with Crippen molar-refractivity contribution in [1.29, 1.82) is 0 Å².